The second-order valence-electron chi connectivity index (χ2n) is 4.95. The maximum absolute atomic E-state index is 11.5. The van der Waals surface area contributed by atoms with Crippen LogP contribution in [0.2, 0.25) is 5.02 Å². The van der Waals surface area contributed by atoms with Gasteiger partial charge in [0.2, 0.25) is 0 Å². The molecule has 0 bridgehead atoms. The average Bonchev–Trinajstić information content (AvgIpc) is 2.47. The molecule has 1 aromatic carbocycles. The smallest absolute Gasteiger partial charge is 0.319 e. The lowest BCUT2D eigenvalue weighted by Gasteiger charge is -2.25. The van der Waals surface area contributed by atoms with Crippen LogP contribution < -0.4 is 4.74 Å². The Balaban J connectivity index is 2.19. The highest BCUT2D eigenvalue weighted by atomic mass is 35.5. The van der Waals surface area contributed by atoms with Crippen LogP contribution in [0.4, 0.5) is 0 Å². The fourth-order valence-electron chi connectivity index (χ4n) is 2.39. The van der Waals surface area contributed by atoms with E-state index in [2.05, 4.69) is 6.92 Å². The number of benzene rings is 1. The predicted octanol–water partition coefficient (Wildman–Crippen LogP) is 2.59. The van der Waals surface area contributed by atoms with Gasteiger partial charge in [0.15, 0.2) is 6.79 Å². The lowest BCUT2D eigenvalue weighted by molar-refractivity contribution is -0.142. The maximum atomic E-state index is 11.5. The molecule has 0 aliphatic carbocycles. The zero-order valence-corrected chi connectivity index (χ0v) is 13.1. The summed E-state index contributed by atoms with van der Waals surface area (Å²) in [4.78, 5) is 13.5. The Morgan fingerprint density at radius 3 is 3.00 bits per heavy atom. The van der Waals surface area contributed by atoms with Gasteiger partial charge in [-0.05, 0) is 25.1 Å². The van der Waals surface area contributed by atoms with Crippen LogP contribution in [0.5, 0.6) is 5.75 Å². The predicted molar refractivity (Wildman–Crippen MR) is 79.3 cm³/mol. The van der Waals surface area contributed by atoms with E-state index in [1.165, 1.54) is 7.11 Å². The summed E-state index contributed by atoms with van der Waals surface area (Å²) in [5.41, 5.74) is 1.91. The molecule has 21 heavy (non-hydrogen) atoms. The van der Waals surface area contributed by atoms with Crippen LogP contribution >= 0.6 is 11.6 Å². The number of hydrogen-bond donors (Lipinski definition) is 0. The molecule has 116 valence electrons. The van der Waals surface area contributed by atoms with Crippen molar-refractivity contribution in [1.82, 2.24) is 4.90 Å². The zero-order chi connectivity index (χ0) is 15.2. The Morgan fingerprint density at radius 2 is 2.29 bits per heavy atom. The first kappa shape index (κ1) is 16.1. The van der Waals surface area contributed by atoms with Gasteiger partial charge in [-0.3, -0.25) is 9.69 Å². The molecule has 5 nitrogen and oxygen atoms in total. The Bertz CT molecular complexity index is 507. The number of carbonyl (C=O) groups excluding carboxylic acids is 1. The molecule has 0 saturated heterocycles. The molecule has 2 rings (SSSR count). The van der Waals surface area contributed by atoms with Crippen molar-refractivity contribution in [2.45, 2.75) is 26.5 Å². The number of methoxy groups -OCH3 is 1. The average molecular weight is 314 g/mol. The first-order valence-corrected chi connectivity index (χ1v) is 7.32. The van der Waals surface area contributed by atoms with Crippen LogP contribution in [0.1, 0.15) is 24.5 Å². The number of halogens is 1. The van der Waals surface area contributed by atoms with Gasteiger partial charge in [0.05, 0.1) is 20.3 Å². The van der Waals surface area contributed by atoms with Crippen LogP contribution in [0, 0.1) is 0 Å². The van der Waals surface area contributed by atoms with Crippen molar-refractivity contribution in [2.75, 3.05) is 27.0 Å². The van der Waals surface area contributed by atoms with Crippen molar-refractivity contribution in [3.8, 4) is 5.75 Å². The Kier molecular flexibility index (Phi) is 5.85. The molecule has 0 N–H and O–H groups in total. The molecular weight excluding hydrogens is 294 g/mol. The van der Waals surface area contributed by atoms with E-state index in [1.54, 1.807) is 0 Å². The van der Waals surface area contributed by atoms with E-state index in [0.717, 1.165) is 29.8 Å². The third kappa shape index (κ3) is 4.33. The Labute approximate surface area is 129 Å². The topological polar surface area (TPSA) is 48.0 Å². The van der Waals surface area contributed by atoms with Gasteiger partial charge >= 0.3 is 5.97 Å². The van der Waals surface area contributed by atoms with Crippen molar-refractivity contribution >= 4 is 17.6 Å². The van der Waals surface area contributed by atoms with Crippen LogP contribution in [0.3, 0.4) is 0 Å². The van der Waals surface area contributed by atoms with E-state index in [9.17, 15) is 4.79 Å². The molecule has 0 unspecified atom stereocenters. The maximum Gasteiger partial charge on any atom is 0.319 e. The third-order valence-corrected chi connectivity index (χ3v) is 3.48. The number of carbonyl (C=O) groups is 1. The Hall–Kier alpha value is -1.30. The summed E-state index contributed by atoms with van der Waals surface area (Å²) >= 11 is 6.15. The highest BCUT2D eigenvalue weighted by Gasteiger charge is 2.19. The van der Waals surface area contributed by atoms with Crippen molar-refractivity contribution in [2.24, 2.45) is 0 Å². The highest BCUT2D eigenvalue weighted by molar-refractivity contribution is 6.30. The van der Waals surface area contributed by atoms with Gasteiger partial charge in [-0.15, -0.1) is 0 Å². The molecule has 0 spiro atoms. The molecule has 1 heterocycles. The molecule has 1 aromatic rings. The molecule has 1 aliphatic heterocycles. The third-order valence-electron chi connectivity index (χ3n) is 3.27. The SMILES string of the molecule is CCCN(CC(=O)OC)Cc1cc(Cl)cc2c1OCOC2. The van der Waals surface area contributed by atoms with E-state index >= 15 is 0 Å². The molecule has 0 amide bonds. The highest BCUT2D eigenvalue weighted by Crippen LogP contribution is 2.32. The van der Waals surface area contributed by atoms with Crippen LogP contribution in [-0.2, 0) is 27.4 Å². The zero-order valence-electron chi connectivity index (χ0n) is 12.4. The van der Waals surface area contributed by atoms with Crippen molar-refractivity contribution in [3.63, 3.8) is 0 Å². The number of ether oxygens (including phenoxy) is 3. The van der Waals surface area contributed by atoms with E-state index in [1.807, 2.05) is 17.0 Å². The van der Waals surface area contributed by atoms with Crippen LogP contribution in [0.25, 0.3) is 0 Å². The normalized spacial score (nSPS) is 13.7. The standard InChI is InChI=1S/C15H20ClNO4/c1-3-4-17(8-14(18)19-2)7-11-5-13(16)6-12-9-20-10-21-15(11)12/h5-6H,3-4,7-10H2,1-2H3. The van der Waals surface area contributed by atoms with E-state index in [0.29, 0.717) is 18.2 Å². The van der Waals surface area contributed by atoms with Gasteiger partial charge < -0.3 is 14.2 Å². The molecule has 1 aliphatic rings. The molecule has 0 saturated carbocycles. The second kappa shape index (κ2) is 7.64. The van der Waals surface area contributed by atoms with Crippen molar-refractivity contribution < 1.29 is 19.0 Å². The summed E-state index contributed by atoms with van der Waals surface area (Å²) < 4.78 is 15.6. The number of nitrogens with zero attached hydrogens (tertiary/aromatic N) is 1. The van der Waals surface area contributed by atoms with Crippen LogP contribution in [0.15, 0.2) is 12.1 Å². The first-order chi connectivity index (χ1) is 10.1. The minimum atomic E-state index is -0.247. The summed E-state index contributed by atoms with van der Waals surface area (Å²) in [7, 11) is 1.40. The lowest BCUT2D eigenvalue weighted by atomic mass is 10.1. The van der Waals surface area contributed by atoms with Crippen molar-refractivity contribution in [1.29, 1.82) is 0 Å². The van der Waals surface area contributed by atoms with E-state index in [4.69, 9.17) is 25.8 Å². The number of hydrogen-bond acceptors (Lipinski definition) is 5. The molecule has 0 radical (unpaired) electrons. The summed E-state index contributed by atoms with van der Waals surface area (Å²) in [5.74, 6) is 0.570. The lowest BCUT2D eigenvalue weighted by Crippen LogP contribution is -2.31. The minimum Gasteiger partial charge on any atom is -0.468 e. The van der Waals surface area contributed by atoms with Gasteiger partial charge in [0.25, 0.3) is 0 Å². The molecular formula is C15H20ClNO4. The van der Waals surface area contributed by atoms with Crippen LogP contribution in [-0.4, -0.2) is 37.9 Å². The fraction of sp³-hybridized carbons (Fsp3) is 0.533. The molecule has 0 aromatic heterocycles. The fourth-order valence-corrected chi connectivity index (χ4v) is 2.66. The first-order valence-electron chi connectivity index (χ1n) is 6.95. The quantitative estimate of drug-likeness (QED) is 0.756. The van der Waals surface area contributed by atoms with Gasteiger partial charge in [0.1, 0.15) is 5.75 Å². The molecule has 6 heteroatoms. The van der Waals surface area contributed by atoms with Gasteiger partial charge in [-0.25, -0.2) is 0 Å². The number of rotatable bonds is 6. The van der Waals surface area contributed by atoms with E-state index in [-0.39, 0.29) is 19.3 Å². The molecule has 0 atom stereocenters. The second-order valence-corrected chi connectivity index (χ2v) is 5.39. The number of fused-ring (bicyclic) bond motifs is 1. The van der Waals surface area contributed by atoms with Gasteiger partial charge in [-0.2, -0.15) is 0 Å². The monoisotopic (exact) mass is 313 g/mol. The van der Waals surface area contributed by atoms with E-state index < -0.39 is 0 Å². The minimum absolute atomic E-state index is 0.242. The summed E-state index contributed by atoms with van der Waals surface area (Å²) in [6.45, 7) is 4.45. The summed E-state index contributed by atoms with van der Waals surface area (Å²) in [6.07, 6.45) is 0.948. The van der Waals surface area contributed by atoms with Gasteiger partial charge in [0, 0.05) is 22.7 Å². The summed E-state index contributed by atoms with van der Waals surface area (Å²) in [5, 5.41) is 0.646. The largest absolute Gasteiger partial charge is 0.468 e. The van der Waals surface area contributed by atoms with Gasteiger partial charge in [-0.1, -0.05) is 18.5 Å². The molecule has 0 fully saturated rings. The van der Waals surface area contributed by atoms with Crippen molar-refractivity contribution in [3.05, 3.63) is 28.3 Å². The number of esters is 1. The summed E-state index contributed by atoms with van der Waals surface area (Å²) in [6, 6.07) is 3.73. The Morgan fingerprint density at radius 1 is 1.48 bits per heavy atom.